The van der Waals surface area contributed by atoms with Crippen LogP contribution < -0.4 is 0 Å². The number of allylic oxidation sites excluding steroid dienone is 1. The summed E-state index contributed by atoms with van der Waals surface area (Å²) in [5.41, 5.74) is 0. The number of hydrogen-bond acceptors (Lipinski definition) is 1. The quantitative estimate of drug-likeness (QED) is 0.468. The molecule has 0 heterocycles. The minimum atomic E-state index is 0.748. The van der Waals surface area contributed by atoms with E-state index in [1.807, 2.05) is 6.08 Å². The third-order valence-electron chi connectivity index (χ3n) is 3.19. The third-order valence-corrected chi connectivity index (χ3v) is 3.19. The van der Waals surface area contributed by atoms with E-state index in [-0.39, 0.29) is 0 Å². The minimum Gasteiger partial charge on any atom is -0.303 e. The molecule has 2 atom stereocenters. The molecule has 1 heteroatoms. The van der Waals surface area contributed by atoms with Gasteiger partial charge < -0.3 is 4.79 Å². The van der Waals surface area contributed by atoms with E-state index < -0.39 is 0 Å². The van der Waals surface area contributed by atoms with Crippen LogP contribution in [0.1, 0.15) is 44.9 Å². The van der Waals surface area contributed by atoms with E-state index in [0.717, 1.165) is 37.4 Å². The molecule has 0 radical (unpaired) electrons. The average molecular weight is 180 g/mol. The minimum absolute atomic E-state index is 0.748. The van der Waals surface area contributed by atoms with Crippen molar-refractivity contribution < 1.29 is 4.79 Å². The number of rotatable bonds is 5. The summed E-state index contributed by atoms with van der Waals surface area (Å²) in [6.07, 6.45) is 11.5. The van der Waals surface area contributed by atoms with E-state index in [9.17, 15) is 4.79 Å². The Morgan fingerprint density at radius 1 is 1.23 bits per heavy atom. The fraction of sp³-hybridized carbons (Fsp3) is 0.750. The first-order chi connectivity index (χ1) is 6.38. The first-order valence-electron chi connectivity index (χ1n) is 5.43. The van der Waals surface area contributed by atoms with Gasteiger partial charge in [0.2, 0.25) is 0 Å². The zero-order valence-electron chi connectivity index (χ0n) is 8.37. The molecule has 2 unspecified atom stereocenters. The Balaban J connectivity index is 2.36. The first-order valence-corrected chi connectivity index (χ1v) is 5.43. The molecule has 0 aromatic rings. The van der Waals surface area contributed by atoms with Gasteiger partial charge >= 0.3 is 0 Å². The fourth-order valence-corrected chi connectivity index (χ4v) is 2.47. The van der Waals surface area contributed by atoms with E-state index in [4.69, 9.17) is 0 Å². The molecule has 0 saturated heterocycles. The van der Waals surface area contributed by atoms with Crippen molar-refractivity contribution in [2.24, 2.45) is 11.8 Å². The number of hydrogen-bond donors (Lipinski definition) is 0. The molecule has 1 saturated carbocycles. The molecular formula is C12H20O. The van der Waals surface area contributed by atoms with Crippen LogP contribution in [0.25, 0.3) is 0 Å². The molecule has 0 spiro atoms. The van der Waals surface area contributed by atoms with Crippen molar-refractivity contribution in [3.05, 3.63) is 12.7 Å². The molecule has 1 rings (SSSR count). The van der Waals surface area contributed by atoms with E-state index in [2.05, 4.69) is 6.58 Å². The van der Waals surface area contributed by atoms with Crippen LogP contribution in [-0.4, -0.2) is 6.29 Å². The van der Waals surface area contributed by atoms with Gasteiger partial charge in [0, 0.05) is 6.42 Å². The second kappa shape index (κ2) is 5.95. The van der Waals surface area contributed by atoms with Crippen LogP contribution in [0, 0.1) is 11.8 Å². The highest BCUT2D eigenvalue weighted by atomic mass is 16.1. The molecule has 1 nitrogen and oxygen atoms in total. The normalized spacial score (nSPS) is 28.3. The van der Waals surface area contributed by atoms with Gasteiger partial charge in [0.15, 0.2) is 0 Å². The van der Waals surface area contributed by atoms with Gasteiger partial charge in [-0.05, 0) is 31.1 Å². The first kappa shape index (κ1) is 10.5. The monoisotopic (exact) mass is 180 g/mol. The van der Waals surface area contributed by atoms with Gasteiger partial charge in [0.1, 0.15) is 6.29 Å². The van der Waals surface area contributed by atoms with Crippen molar-refractivity contribution in [3.63, 3.8) is 0 Å². The average Bonchev–Trinajstić information content (AvgIpc) is 2.17. The van der Waals surface area contributed by atoms with Crippen molar-refractivity contribution in [1.29, 1.82) is 0 Å². The van der Waals surface area contributed by atoms with Gasteiger partial charge in [-0.15, -0.1) is 6.58 Å². The number of carbonyl (C=O) groups excluding carboxylic acids is 1. The van der Waals surface area contributed by atoms with Crippen molar-refractivity contribution in [3.8, 4) is 0 Å². The molecule has 74 valence electrons. The Labute approximate surface area is 81.2 Å². The van der Waals surface area contributed by atoms with Crippen LogP contribution in [0.15, 0.2) is 12.7 Å². The molecule has 0 N–H and O–H groups in total. The van der Waals surface area contributed by atoms with Crippen molar-refractivity contribution in [1.82, 2.24) is 0 Å². The largest absolute Gasteiger partial charge is 0.303 e. The second-order valence-corrected chi connectivity index (χ2v) is 4.07. The highest BCUT2D eigenvalue weighted by Crippen LogP contribution is 2.35. The summed E-state index contributed by atoms with van der Waals surface area (Å²) >= 11 is 0. The smallest absolute Gasteiger partial charge is 0.120 e. The predicted octanol–water partition coefficient (Wildman–Crippen LogP) is 3.35. The zero-order valence-corrected chi connectivity index (χ0v) is 8.37. The maximum absolute atomic E-state index is 10.3. The molecule has 0 amide bonds. The van der Waals surface area contributed by atoms with Gasteiger partial charge in [-0.1, -0.05) is 25.3 Å². The Bertz CT molecular complexity index is 163. The molecule has 1 aliphatic rings. The van der Waals surface area contributed by atoms with Gasteiger partial charge in [-0.3, -0.25) is 0 Å². The molecule has 0 aromatic heterocycles. The van der Waals surface area contributed by atoms with Crippen molar-refractivity contribution in [2.75, 3.05) is 0 Å². The lowest BCUT2D eigenvalue weighted by Crippen LogP contribution is -2.19. The molecule has 0 aliphatic heterocycles. The Morgan fingerprint density at radius 2 is 1.92 bits per heavy atom. The Hall–Kier alpha value is -0.590. The summed E-state index contributed by atoms with van der Waals surface area (Å²) in [5.74, 6) is 1.60. The van der Waals surface area contributed by atoms with Crippen LogP contribution in [0.2, 0.25) is 0 Å². The third kappa shape index (κ3) is 3.33. The molecule has 1 fully saturated rings. The SMILES string of the molecule is C=CCC1CCCCC1CCC=O. The molecular weight excluding hydrogens is 160 g/mol. The van der Waals surface area contributed by atoms with E-state index >= 15 is 0 Å². The van der Waals surface area contributed by atoms with Gasteiger partial charge in [0.25, 0.3) is 0 Å². The summed E-state index contributed by atoms with van der Waals surface area (Å²) in [7, 11) is 0. The lowest BCUT2D eigenvalue weighted by atomic mass is 9.75. The highest BCUT2D eigenvalue weighted by Gasteiger charge is 2.23. The summed E-state index contributed by atoms with van der Waals surface area (Å²) in [4.78, 5) is 10.3. The van der Waals surface area contributed by atoms with Gasteiger partial charge in [-0.2, -0.15) is 0 Å². The van der Waals surface area contributed by atoms with Crippen LogP contribution in [0.5, 0.6) is 0 Å². The maximum atomic E-state index is 10.3. The number of aldehydes is 1. The van der Waals surface area contributed by atoms with Crippen LogP contribution in [0.3, 0.4) is 0 Å². The van der Waals surface area contributed by atoms with Crippen LogP contribution >= 0.6 is 0 Å². The topological polar surface area (TPSA) is 17.1 Å². The van der Waals surface area contributed by atoms with Crippen molar-refractivity contribution in [2.45, 2.75) is 44.9 Å². The Morgan fingerprint density at radius 3 is 2.54 bits per heavy atom. The molecule has 0 aromatic carbocycles. The summed E-state index contributed by atoms with van der Waals surface area (Å²) in [6, 6.07) is 0. The van der Waals surface area contributed by atoms with E-state index in [0.29, 0.717) is 0 Å². The highest BCUT2D eigenvalue weighted by molar-refractivity contribution is 5.49. The fourth-order valence-electron chi connectivity index (χ4n) is 2.47. The molecule has 0 bridgehead atoms. The zero-order chi connectivity index (χ0) is 9.52. The number of carbonyl (C=O) groups is 1. The maximum Gasteiger partial charge on any atom is 0.120 e. The summed E-state index contributed by atoms with van der Waals surface area (Å²) in [6.45, 7) is 3.80. The molecule has 13 heavy (non-hydrogen) atoms. The van der Waals surface area contributed by atoms with Crippen LogP contribution in [0.4, 0.5) is 0 Å². The Kier molecular flexibility index (Phi) is 4.81. The van der Waals surface area contributed by atoms with E-state index in [1.54, 1.807) is 0 Å². The van der Waals surface area contributed by atoms with Crippen LogP contribution in [-0.2, 0) is 4.79 Å². The lowest BCUT2D eigenvalue weighted by molar-refractivity contribution is -0.108. The predicted molar refractivity (Wildman–Crippen MR) is 55.6 cm³/mol. The second-order valence-electron chi connectivity index (χ2n) is 4.07. The standard InChI is InChI=1S/C12H20O/c1-2-6-11-7-3-4-8-12(11)9-5-10-13/h2,10-12H,1,3-9H2. The van der Waals surface area contributed by atoms with E-state index in [1.165, 1.54) is 25.7 Å². The van der Waals surface area contributed by atoms with Gasteiger partial charge in [0.05, 0.1) is 0 Å². The lowest BCUT2D eigenvalue weighted by Gasteiger charge is -2.30. The summed E-state index contributed by atoms with van der Waals surface area (Å²) in [5, 5.41) is 0. The molecule has 1 aliphatic carbocycles. The van der Waals surface area contributed by atoms with Gasteiger partial charge in [-0.25, -0.2) is 0 Å². The summed E-state index contributed by atoms with van der Waals surface area (Å²) < 4.78 is 0. The van der Waals surface area contributed by atoms with Crippen molar-refractivity contribution >= 4 is 6.29 Å².